The number of rotatable bonds is 3. The van der Waals surface area contributed by atoms with E-state index in [1.54, 1.807) is 6.26 Å². The van der Waals surface area contributed by atoms with Crippen molar-refractivity contribution in [3.63, 3.8) is 0 Å². The van der Waals surface area contributed by atoms with Gasteiger partial charge in [0.05, 0.1) is 11.8 Å². The molecule has 1 aliphatic heterocycles. The van der Waals surface area contributed by atoms with E-state index >= 15 is 0 Å². The Morgan fingerprint density at radius 1 is 1.30 bits per heavy atom. The summed E-state index contributed by atoms with van der Waals surface area (Å²) in [5.41, 5.74) is 3.51. The first-order valence-corrected chi connectivity index (χ1v) is 8.67. The summed E-state index contributed by atoms with van der Waals surface area (Å²) >= 11 is 0. The third kappa shape index (κ3) is 1.91. The van der Waals surface area contributed by atoms with Crippen LogP contribution in [0.3, 0.4) is 0 Å². The van der Waals surface area contributed by atoms with E-state index in [0.29, 0.717) is 29.4 Å². The summed E-state index contributed by atoms with van der Waals surface area (Å²) in [6.45, 7) is 2.88. The number of hydrogen-bond acceptors (Lipinski definition) is 4. The minimum absolute atomic E-state index is 0.399. The minimum Gasteiger partial charge on any atom is -0.444 e. The van der Waals surface area contributed by atoms with Crippen LogP contribution >= 0.6 is 0 Å². The molecule has 3 aliphatic rings. The first kappa shape index (κ1) is 13.6. The highest BCUT2D eigenvalue weighted by Crippen LogP contribution is 2.63. The molecule has 0 bridgehead atoms. The van der Waals surface area contributed by atoms with Crippen LogP contribution in [0.2, 0.25) is 0 Å². The lowest BCUT2D eigenvalue weighted by atomic mass is 9.46. The van der Waals surface area contributed by atoms with E-state index in [1.165, 1.54) is 31.4 Å². The predicted molar refractivity (Wildman–Crippen MR) is 88.2 cm³/mol. The van der Waals surface area contributed by atoms with Crippen molar-refractivity contribution in [3.8, 4) is 11.5 Å². The molecule has 1 saturated heterocycles. The molecule has 2 aliphatic carbocycles. The number of oxazole rings is 1. The number of fused-ring (bicyclic) bond motifs is 2. The summed E-state index contributed by atoms with van der Waals surface area (Å²) in [5, 5.41) is 3.81. The molecular weight excluding hydrogens is 288 g/mol. The number of hydrogen-bond donors (Lipinski definition) is 1. The third-order valence-corrected chi connectivity index (χ3v) is 6.09. The zero-order chi connectivity index (χ0) is 15.4. The fourth-order valence-corrected chi connectivity index (χ4v) is 4.86. The maximum absolute atomic E-state index is 6.01. The smallest absolute Gasteiger partial charge is 0.226 e. The number of aromatic nitrogens is 1. The molecule has 0 unspecified atom stereocenters. The molecule has 3 fully saturated rings. The van der Waals surface area contributed by atoms with Gasteiger partial charge in [0.2, 0.25) is 5.89 Å². The van der Waals surface area contributed by atoms with Gasteiger partial charge in [0.25, 0.3) is 0 Å². The highest BCUT2D eigenvalue weighted by molar-refractivity contribution is 5.62. The van der Waals surface area contributed by atoms with E-state index in [1.807, 2.05) is 6.92 Å². The summed E-state index contributed by atoms with van der Waals surface area (Å²) in [6, 6.07) is 8.99. The first-order valence-electron chi connectivity index (χ1n) is 8.67. The number of benzene rings is 1. The lowest BCUT2D eigenvalue weighted by Crippen LogP contribution is -2.68. The SMILES string of the molecule is Cc1coc(-c2cccc(N[C@@H]3[C@H]4CCO[C@@H]4C34CCC4)c2)n1. The van der Waals surface area contributed by atoms with Crippen molar-refractivity contribution in [3.05, 3.63) is 36.2 Å². The minimum atomic E-state index is 0.399. The van der Waals surface area contributed by atoms with Gasteiger partial charge in [0, 0.05) is 35.2 Å². The second-order valence-electron chi connectivity index (χ2n) is 7.33. The maximum Gasteiger partial charge on any atom is 0.226 e. The van der Waals surface area contributed by atoms with Gasteiger partial charge in [-0.15, -0.1) is 0 Å². The van der Waals surface area contributed by atoms with E-state index in [-0.39, 0.29) is 0 Å². The largest absolute Gasteiger partial charge is 0.444 e. The summed E-state index contributed by atoms with van der Waals surface area (Å²) in [6.07, 6.45) is 7.37. The second kappa shape index (κ2) is 4.84. The number of anilines is 1. The molecule has 4 heteroatoms. The fraction of sp³-hybridized carbons (Fsp3) is 0.526. The number of nitrogens with one attached hydrogen (secondary N) is 1. The molecule has 1 spiro atoms. The molecule has 1 aromatic carbocycles. The van der Waals surface area contributed by atoms with Gasteiger partial charge in [0.15, 0.2) is 0 Å². The van der Waals surface area contributed by atoms with E-state index < -0.39 is 0 Å². The van der Waals surface area contributed by atoms with Crippen molar-refractivity contribution < 1.29 is 9.15 Å². The highest BCUT2D eigenvalue weighted by Gasteiger charge is 2.66. The molecule has 0 radical (unpaired) electrons. The monoisotopic (exact) mass is 310 g/mol. The van der Waals surface area contributed by atoms with E-state index in [4.69, 9.17) is 9.15 Å². The zero-order valence-electron chi connectivity index (χ0n) is 13.4. The third-order valence-electron chi connectivity index (χ3n) is 6.09. The molecule has 2 aromatic rings. The van der Waals surface area contributed by atoms with Gasteiger partial charge in [-0.1, -0.05) is 12.5 Å². The maximum atomic E-state index is 6.01. The Morgan fingerprint density at radius 3 is 2.96 bits per heavy atom. The molecule has 1 N–H and O–H groups in total. The standard InChI is InChI=1S/C19H22N2O2/c1-12-11-23-18(20-12)13-4-2-5-14(10-13)21-16-15-6-9-22-17(15)19(16)7-3-8-19/h2,4-5,10-11,15-17,21H,3,6-9H2,1H3/t15-,16-,17+/m1/s1. The van der Waals surface area contributed by atoms with E-state index in [0.717, 1.165) is 17.9 Å². The first-order chi connectivity index (χ1) is 11.3. The Bertz CT molecular complexity index is 734. The number of nitrogens with zero attached hydrogens (tertiary/aromatic N) is 1. The predicted octanol–water partition coefficient (Wildman–Crippen LogP) is 4.02. The Hall–Kier alpha value is -1.81. The fourth-order valence-electron chi connectivity index (χ4n) is 4.86. The molecule has 23 heavy (non-hydrogen) atoms. The molecule has 3 atom stereocenters. The number of ether oxygens (including phenoxy) is 1. The summed E-state index contributed by atoms with van der Waals surface area (Å²) in [4.78, 5) is 4.43. The Kier molecular flexibility index (Phi) is 2.87. The van der Waals surface area contributed by atoms with Crippen LogP contribution in [0.1, 0.15) is 31.4 Å². The van der Waals surface area contributed by atoms with Crippen molar-refractivity contribution in [2.75, 3.05) is 11.9 Å². The number of aryl methyl sites for hydroxylation is 1. The molecular formula is C19H22N2O2. The van der Waals surface area contributed by atoms with E-state index in [9.17, 15) is 0 Å². The average molecular weight is 310 g/mol. The molecule has 2 heterocycles. The quantitative estimate of drug-likeness (QED) is 0.930. The molecule has 5 rings (SSSR count). The Balaban J connectivity index is 1.40. The van der Waals surface area contributed by atoms with Crippen LogP contribution in [0.25, 0.3) is 11.5 Å². The molecule has 0 amide bonds. The van der Waals surface area contributed by atoms with Gasteiger partial charge < -0.3 is 14.5 Å². The lowest BCUT2D eigenvalue weighted by Gasteiger charge is -2.63. The van der Waals surface area contributed by atoms with Crippen molar-refractivity contribution in [1.29, 1.82) is 0 Å². The van der Waals surface area contributed by atoms with Gasteiger partial charge in [0.1, 0.15) is 6.26 Å². The van der Waals surface area contributed by atoms with E-state index in [2.05, 4.69) is 34.6 Å². The van der Waals surface area contributed by atoms with Crippen LogP contribution in [-0.4, -0.2) is 23.7 Å². The van der Waals surface area contributed by atoms with Crippen LogP contribution < -0.4 is 5.32 Å². The summed E-state index contributed by atoms with van der Waals surface area (Å²) < 4.78 is 11.5. The Labute approximate surface area is 136 Å². The van der Waals surface area contributed by atoms with Crippen LogP contribution in [0.15, 0.2) is 34.9 Å². The van der Waals surface area contributed by atoms with Crippen LogP contribution in [0.5, 0.6) is 0 Å². The van der Waals surface area contributed by atoms with Gasteiger partial charge in [-0.2, -0.15) is 0 Å². The molecule has 1 aromatic heterocycles. The van der Waals surface area contributed by atoms with Gasteiger partial charge in [-0.25, -0.2) is 4.98 Å². The topological polar surface area (TPSA) is 47.3 Å². The summed E-state index contributed by atoms with van der Waals surface area (Å²) in [5.74, 6) is 1.38. The van der Waals surface area contributed by atoms with Crippen molar-refractivity contribution in [2.45, 2.75) is 44.8 Å². The van der Waals surface area contributed by atoms with Gasteiger partial charge >= 0.3 is 0 Å². The summed E-state index contributed by atoms with van der Waals surface area (Å²) in [7, 11) is 0. The zero-order valence-corrected chi connectivity index (χ0v) is 13.4. The molecule has 2 saturated carbocycles. The van der Waals surface area contributed by atoms with Gasteiger partial charge in [-0.05, 0) is 44.4 Å². The highest BCUT2D eigenvalue weighted by atomic mass is 16.5. The van der Waals surface area contributed by atoms with Crippen LogP contribution in [-0.2, 0) is 4.74 Å². The molecule has 120 valence electrons. The van der Waals surface area contributed by atoms with Gasteiger partial charge in [-0.3, -0.25) is 0 Å². The van der Waals surface area contributed by atoms with Crippen molar-refractivity contribution in [1.82, 2.24) is 4.98 Å². The normalized spacial score (nSPS) is 30.6. The average Bonchev–Trinajstić information content (AvgIpc) is 3.11. The van der Waals surface area contributed by atoms with Crippen LogP contribution in [0, 0.1) is 18.3 Å². The van der Waals surface area contributed by atoms with Crippen molar-refractivity contribution in [2.24, 2.45) is 11.3 Å². The lowest BCUT2D eigenvalue weighted by molar-refractivity contribution is -0.158. The van der Waals surface area contributed by atoms with Crippen LogP contribution in [0.4, 0.5) is 5.69 Å². The molecule has 4 nitrogen and oxygen atoms in total. The van der Waals surface area contributed by atoms with Crippen molar-refractivity contribution >= 4 is 5.69 Å². The second-order valence-corrected chi connectivity index (χ2v) is 7.33. The Morgan fingerprint density at radius 2 is 2.22 bits per heavy atom.